The van der Waals surface area contributed by atoms with E-state index >= 15 is 0 Å². The Bertz CT molecular complexity index is 774. The summed E-state index contributed by atoms with van der Waals surface area (Å²) in [5.41, 5.74) is 2.09. The molecule has 1 atom stereocenters. The fourth-order valence-electron chi connectivity index (χ4n) is 3.38. The molecule has 1 unspecified atom stereocenters. The third-order valence-corrected chi connectivity index (χ3v) is 4.96. The number of ether oxygens (including phenoxy) is 2. The lowest BCUT2D eigenvalue weighted by atomic mass is 10.1. The molecule has 0 heterocycles. The van der Waals surface area contributed by atoms with E-state index in [1.807, 2.05) is 49.4 Å². The van der Waals surface area contributed by atoms with Crippen LogP contribution in [0.3, 0.4) is 0 Å². The molecule has 2 aromatic carbocycles. The van der Waals surface area contributed by atoms with Gasteiger partial charge in [0.05, 0.1) is 26.8 Å². The van der Waals surface area contributed by atoms with Crippen molar-refractivity contribution in [3.05, 3.63) is 59.7 Å². The van der Waals surface area contributed by atoms with Crippen LogP contribution in [0.4, 0.5) is 0 Å². The Morgan fingerprint density at radius 1 is 1.07 bits per heavy atom. The van der Waals surface area contributed by atoms with E-state index in [1.54, 1.807) is 14.2 Å². The Morgan fingerprint density at radius 3 is 2.37 bits per heavy atom. The van der Waals surface area contributed by atoms with E-state index in [1.165, 1.54) is 0 Å². The van der Waals surface area contributed by atoms with Crippen LogP contribution >= 0.6 is 0 Å². The summed E-state index contributed by atoms with van der Waals surface area (Å²) in [5, 5.41) is 3.11. The molecule has 1 saturated carbocycles. The van der Waals surface area contributed by atoms with Gasteiger partial charge in [-0.2, -0.15) is 0 Å². The van der Waals surface area contributed by atoms with Gasteiger partial charge < -0.3 is 14.8 Å². The van der Waals surface area contributed by atoms with Crippen molar-refractivity contribution in [1.82, 2.24) is 10.2 Å². The molecule has 0 aromatic heterocycles. The zero-order valence-electron chi connectivity index (χ0n) is 16.3. The monoisotopic (exact) mass is 368 g/mol. The highest BCUT2D eigenvalue weighted by Crippen LogP contribution is 2.30. The van der Waals surface area contributed by atoms with Crippen molar-refractivity contribution < 1.29 is 14.3 Å². The molecule has 0 spiro atoms. The van der Waals surface area contributed by atoms with Crippen molar-refractivity contribution in [2.45, 2.75) is 38.4 Å². The minimum atomic E-state index is -0.110. The first-order valence-corrected chi connectivity index (χ1v) is 9.40. The lowest BCUT2D eigenvalue weighted by molar-refractivity contribution is -0.123. The number of benzene rings is 2. The van der Waals surface area contributed by atoms with Gasteiger partial charge in [-0.3, -0.25) is 9.69 Å². The van der Waals surface area contributed by atoms with Crippen molar-refractivity contribution in [3.63, 3.8) is 0 Å². The van der Waals surface area contributed by atoms with E-state index in [-0.39, 0.29) is 11.9 Å². The lowest BCUT2D eigenvalue weighted by Crippen LogP contribution is -2.39. The molecule has 1 N–H and O–H groups in total. The average Bonchev–Trinajstić information content (AvgIpc) is 3.53. The van der Waals surface area contributed by atoms with E-state index in [0.29, 0.717) is 19.1 Å². The molecule has 2 aromatic rings. The van der Waals surface area contributed by atoms with Crippen LogP contribution in [-0.4, -0.2) is 37.6 Å². The van der Waals surface area contributed by atoms with Crippen molar-refractivity contribution in [2.24, 2.45) is 0 Å². The number of nitrogens with zero attached hydrogens (tertiary/aromatic N) is 1. The summed E-state index contributed by atoms with van der Waals surface area (Å²) in [6, 6.07) is 16.1. The predicted molar refractivity (Wildman–Crippen MR) is 106 cm³/mol. The van der Waals surface area contributed by atoms with Crippen LogP contribution in [0, 0.1) is 0 Å². The number of para-hydroxylation sites is 2. The Balaban J connectivity index is 1.64. The van der Waals surface area contributed by atoms with Gasteiger partial charge in [0.2, 0.25) is 5.91 Å². The zero-order chi connectivity index (χ0) is 19.2. The quantitative estimate of drug-likeness (QED) is 0.735. The summed E-state index contributed by atoms with van der Waals surface area (Å²) in [6.07, 6.45) is 2.29. The Morgan fingerprint density at radius 2 is 1.70 bits per heavy atom. The van der Waals surface area contributed by atoms with Gasteiger partial charge >= 0.3 is 0 Å². The molecule has 1 aliphatic carbocycles. The van der Waals surface area contributed by atoms with Gasteiger partial charge in [0.25, 0.3) is 0 Å². The molecule has 0 aliphatic heterocycles. The molecule has 27 heavy (non-hydrogen) atoms. The molecule has 5 nitrogen and oxygen atoms in total. The highest BCUT2D eigenvalue weighted by atomic mass is 16.5. The van der Waals surface area contributed by atoms with Crippen molar-refractivity contribution in [3.8, 4) is 11.5 Å². The number of nitrogens with one attached hydrogen (secondary N) is 1. The fraction of sp³-hybridized carbons (Fsp3) is 0.409. The normalized spacial score (nSPS) is 14.7. The Kier molecular flexibility index (Phi) is 6.35. The SMILES string of the molecule is COc1ccccc1CN(CC(=O)NC(C)c1ccccc1OC)C1CC1. The smallest absolute Gasteiger partial charge is 0.234 e. The van der Waals surface area contributed by atoms with Gasteiger partial charge in [0, 0.05) is 23.7 Å². The van der Waals surface area contributed by atoms with Crippen LogP contribution in [0.5, 0.6) is 11.5 Å². The first-order valence-electron chi connectivity index (χ1n) is 9.40. The van der Waals surface area contributed by atoms with Crippen LogP contribution in [0.15, 0.2) is 48.5 Å². The van der Waals surface area contributed by atoms with Crippen LogP contribution < -0.4 is 14.8 Å². The molecular formula is C22H28N2O3. The summed E-state index contributed by atoms with van der Waals surface area (Å²) in [5.74, 6) is 1.68. The molecule has 0 saturated heterocycles. The summed E-state index contributed by atoms with van der Waals surface area (Å²) >= 11 is 0. The maximum absolute atomic E-state index is 12.7. The standard InChI is InChI=1S/C22H28N2O3/c1-16(19-9-5-7-11-21(19)27-3)23-22(25)15-24(18-12-13-18)14-17-8-4-6-10-20(17)26-2/h4-11,16,18H,12-15H2,1-3H3,(H,23,25). The summed E-state index contributed by atoms with van der Waals surface area (Å²) in [7, 11) is 3.33. The molecule has 1 amide bonds. The predicted octanol–water partition coefficient (Wildman–Crippen LogP) is 3.55. The molecule has 1 fully saturated rings. The lowest BCUT2D eigenvalue weighted by Gasteiger charge is -2.24. The third-order valence-electron chi connectivity index (χ3n) is 4.96. The number of methoxy groups -OCH3 is 2. The fourth-order valence-corrected chi connectivity index (χ4v) is 3.38. The maximum Gasteiger partial charge on any atom is 0.234 e. The number of hydrogen-bond acceptors (Lipinski definition) is 4. The summed E-state index contributed by atoms with van der Waals surface area (Å²) in [6.45, 7) is 3.07. The molecule has 144 valence electrons. The number of hydrogen-bond donors (Lipinski definition) is 1. The maximum atomic E-state index is 12.7. The summed E-state index contributed by atoms with van der Waals surface area (Å²) < 4.78 is 10.9. The molecule has 0 bridgehead atoms. The van der Waals surface area contributed by atoms with E-state index in [9.17, 15) is 4.79 Å². The van der Waals surface area contributed by atoms with E-state index in [0.717, 1.165) is 35.5 Å². The number of carbonyl (C=O) groups is 1. The first-order chi connectivity index (χ1) is 13.1. The molecule has 3 rings (SSSR count). The van der Waals surface area contributed by atoms with Gasteiger partial charge in [0.15, 0.2) is 0 Å². The van der Waals surface area contributed by atoms with Crippen LogP contribution in [0.1, 0.15) is 36.9 Å². The van der Waals surface area contributed by atoms with E-state index < -0.39 is 0 Å². The zero-order valence-corrected chi connectivity index (χ0v) is 16.3. The Labute approximate surface area is 161 Å². The van der Waals surface area contributed by atoms with Gasteiger partial charge in [-0.15, -0.1) is 0 Å². The third kappa shape index (κ3) is 5.01. The number of carbonyl (C=O) groups excluding carboxylic acids is 1. The van der Waals surface area contributed by atoms with Crippen molar-refractivity contribution >= 4 is 5.91 Å². The van der Waals surface area contributed by atoms with Gasteiger partial charge in [-0.25, -0.2) is 0 Å². The van der Waals surface area contributed by atoms with Crippen LogP contribution in [0.25, 0.3) is 0 Å². The minimum absolute atomic E-state index is 0.0233. The second kappa shape index (κ2) is 8.91. The van der Waals surface area contributed by atoms with Crippen LogP contribution in [-0.2, 0) is 11.3 Å². The van der Waals surface area contributed by atoms with E-state index in [2.05, 4.69) is 16.3 Å². The molecule has 5 heteroatoms. The molecular weight excluding hydrogens is 340 g/mol. The highest BCUT2D eigenvalue weighted by molar-refractivity contribution is 5.78. The van der Waals surface area contributed by atoms with Crippen molar-refractivity contribution in [2.75, 3.05) is 20.8 Å². The second-order valence-electron chi connectivity index (χ2n) is 6.98. The first kappa shape index (κ1) is 19.2. The summed E-state index contributed by atoms with van der Waals surface area (Å²) in [4.78, 5) is 14.9. The van der Waals surface area contributed by atoms with Gasteiger partial charge in [-0.1, -0.05) is 36.4 Å². The van der Waals surface area contributed by atoms with E-state index in [4.69, 9.17) is 9.47 Å². The molecule has 0 radical (unpaired) electrons. The topological polar surface area (TPSA) is 50.8 Å². The largest absolute Gasteiger partial charge is 0.496 e. The second-order valence-corrected chi connectivity index (χ2v) is 6.98. The van der Waals surface area contributed by atoms with Gasteiger partial charge in [0.1, 0.15) is 11.5 Å². The average molecular weight is 368 g/mol. The number of amides is 1. The number of rotatable bonds is 9. The molecule has 1 aliphatic rings. The van der Waals surface area contributed by atoms with Gasteiger partial charge in [-0.05, 0) is 31.9 Å². The minimum Gasteiger partial charge on any atom is -0.496 e. The van der Waals surface area contributed by atoms with Crippen molar-refractivity contribution in [1.29, 1.82) is 0 Å². The van der Waals surface area contributed by atoms with Crippen LogP contribution in [0.2, 0.25) is 0 Å². The Hall–Kier alpha value is -2.53. The highest BCUT2D eigenvalue weighted by Gasteiger charge is 2.31.